The van der Waals surface area contributed by atoms with E-state index in [0.717, 1.165) is 40.8 Å². The van der Waals surface area contributed by atoms with Crippen LogP contribution in [-0.4, -0.2) is 27.5 Å². The monoisotopic (exact) mass is 355 g/mol. The zero-order valence-corrected chi connectivity index (χ0v) is 15.6. The van der Waals surface area contributed by atoms with Crippen LogP contribution in [0.25, 0.3) is 27.7 Å². The number of benzene rings is 1. The summed E-state index contributed by atoms with van der Waals surface area (Å²) in [6, 6.07) is 14.4. The summed E-state index contributed by atoms with van der Waals surface area (Å²) >= 11 is 0. The van der Waals surface area contributed by atoms with Crippen LogP contribution >= 0.6 is 0 Å². The van der Waals surface area contributed by atoms with Gasteiger partial charge in [0, 0.05) is 30.4 Å². The molecule has 134 valence electrons. The van der Waals surface area contributed by atoms with Crippen LogP contribution in [0.1, 0.15) is 25.8 Å². The van der Waals surface area contributed by atoms with Crippen LogP contribution in [0.2, 0.25) is 0 Å². The quantitative estimate of drug-likeness (QED) is 0.508. The summed E-state index contributed by atoms with van der Waals surface area (Å²) in [4.78, 5) is 11.8. The third-order valence-corrected chi connectivity index (χ3v) is 5.58. The number of imidazole rings is 1. The van der Waals surface area contributed by atoms with Gasteiger partial charge in [-0.2, -0.15) is 5.26 Å². The number of nitriles is 1. The van der Waals surface area contributed by atoms with Gasteiger partial charge in [-0.3, -0.25) is 4.40 Å². The Morgan fingerprint density at radius 3 is 2.63 bits per heavy atom. The SMILES string of the molecule is C[C@@H]1C[C@H](C)CN(c2ccnc3c2cc(C#N)c2nc4ccccc4n23)C1. The van der Waals surface area contributed by atoms with Gasteiger partial charge in [0.1, 0.15) is 11.7 Å². The van der Waals surface area contributed by atoms with Crippen molar-refractivity contribution in [3.05, 3.63) is 48.2 Å². The standard InChI is InChI=1S/C22H21N5/c1-14-9-15(2)13-26(12-14)19-7-8-24-22-17(19)10-16(11-23)21-25-18-5-3-4-6-20(18)27(21)22/h3-8,10,14-15H,9,12-13H2,1-2H3/t14-,15+. The van der Waals surface area contributed by atoms with Crippen molar-refractivity contribution in [3.8, 4) is 6.07 Å². The average molecular weight is 355 g/mol. The third kappa shape index (κ3) is 2.44. The zero-order valence-electron chi connectivity index (χ0n) is 15.6. The van der Waals surface area contributed by atoms with E-state index in [1.807, 2.05) is 40.9 Å². The minimum atomic E-state index is 0.589. The predicted molar refractivity (Wildman–Crippen MR) is 108 cm³/mol. The molecule has 3 aromatic heterocycles. The minimum absolute atomic E-state index is 0.589. The van der Waals surface area contributed by atoms with E-state index < -0.39 is 0 Å². The molecule has 1 aliphatic rings. The van der Waals surface area contributed by atoms with E-state index in [1.165, 1.54) is 6.42 Å². The molecule has 4 aromatic rings. The normalized spacial score (nSPS) is 20.4. The van der Waals surface area contributed by atoms with Gasteiger partial charge in [-0.1, -0.05) is 26.0 Å². The molecule has 1 fully saturated rings. The molecule has 1 aromatic carbocycles. The van der Waals surface area contributed by atoms with E-state index in [-0.39, 0.29) is 0 Å². The molecule has 0 radical (unpaired) electrons. The molecule has 2 atom stereocenters. The van der Waals surface area contributed by atoms with E-state index in [4.69, 9.17) is 0 Å². The molecule has 0 aliphatic carbocycles. The largest absolute Gasteiger partial charge is 0.370 e. The van der Waals surface area contributed by atoms with E-state index in [2.05, 4.69) is 40.9 Å². The number of nitrogens with zero attached hydrogens (tertiary/aromatic N) is 5. The Morgan fingerprint density at radius 2 is 1.85 bits per heavy atom. The third-order valence-electron chi connectivity index (χ3n) is 5.58. The molecule has 5 heteroatoms. The Hall–Kier alpha value is -3.13. The highest BCUT2D eigenvalue weighted by atomic mass is 15.2. The summed E-state index contributed by atoms with van der Waals surface area (Å²) in [5.74, 6) is 1.32. The second-order valence-corrected chi connectivity index (χ2v) is 7.85. The van der Waals surface area contributed by atoms with Crippen LogP contribution in [0, 0.1) is 23.2 Å². The molecule has 0 N–H and O–H groups in total. The van der Waals surface area contributed by atoms with Crippen LogP contribution in [0.3, 0.4) is 0 Å². The van der Waals surface area contributed by atoms with Gasteiger partial charge >= 0.3 is 0 Å². The molecule has 0 saturated carbocycles. The van der Waals surface area contributed by atoms with Gasteiger partial charge in [-0.15, -0.1) is 0 Å². The second-order valence-electron chi connectivity index (χ2n) is 7.85. The molecule has 0 bridgehead atoms. The predicted octanol–water partition coefficient (Wildman–Crippen LogP) is 4.39. The molecule has 0 amide bonds. The molecule has 0 unspecified atom stereocenters. The van der Waals surface area contributed by atoms with E-state index in [9.17, 15) is 5.26 Å². The minimum Gasteiger partial charge on any atom is -0.370 e. The van der Waals surface area contributed by atoms with Crippen molar-refractivity contribution < 1.29 is 0 Å². The molecular weight excluding hydrogens is 334 g/mol. The molecule has 4 heterocycles. The van der Waals surface area contributed by atoms with Gasteiger partial charge in [0.05, 0.1) is 16.6 Å². The van der Waals surface area contributed by atoms with Crippen molar-refractivity contribution in [3.63, 3.8) is 0 Å². The molecule has 27 heavy (non-hydrogen) atoms. The number of hydrogen-bond donors (Lipinski definition) is 0. The van der Waals surface area contributed by atoms with Crippen LogP contribution in [-0.2, 0) is 0 Å². The Balaban J connectivity index is 1.85. The first-order chi connectivity index (χ1) is 13.2. The molecule has 5 nitrogen and oxygen atoms in total. The van der Waals surface area contributed by atoms with Crippen molar-refractivity contribution in [2.75, 3.05) is 18.0 Å². The molecule has 1 aliphatic heterocycles. The topological polar surface area (TPSA) is 57.2 Å². The summed E-state index contributed by atoms with van der Waals surface area (Å²) in [5, 5.41) is 10.8. The van der Waals surface area contributed by atoms with Crippen LogP contribution in [0.15, 0.2) is 42.6 Å². The number of pyridine rings is 2. The highest BCUT2D eigenvalue weighted by molar-refractivity contribution is 5.97. The van der Waals surface area contributed by atoms with Gasteiger partial charge in [0.2, 0.25) is 0 Å². The van der Waals surface area contributed by atoms with E-state index in [0.29, 0.717) is 23.0 Å². The number of rotatable bonds is 1. The Kier molecular flexibility index (Phi) is 3.54. The number of piperidine rings is 1. The number of hydrogen-bond acceptors (Lipinski definition) is 4. The van der Waals surface area contributed by atoms with E-state index in [1.54, 1.807) is 0 Å². The van der Waals surface area contributed by atoms with Crippen LogP contribution < -0.4 is 4.90 Å². The van der Waals surface area contributed by atoms with Gasteiger partial charge in [0.25, 0.3) is 0 Å². The first-order valence-electron chi connectivity index (χ1n) is 9.49. The van der Waals surface area contributed by atoms with Gasteiger partial charge < -0.3 is 4.90 Å². The fraction of sp³-hybridized carbons (Fsp3) is 0.318. The summed E-state index contributed by atoms with van der Waals surface area (Å²) in [6.07, 6.45) is 3.14. The van der Waals surface area contributed by atoms with Crippen LogP contribution in [0.4, 0.5) is 5.69 Å². The fourth-order valence-corrected chi connectivity index (χ4v) is 4.62. The van der Waals surface area contributed by atoms with Crippen molar-refractivity contribution in [1.29, 1.82) is 5.26 Å². The lowest BCUT2D eigenvalue weighted by atomic mass is 9.91. The smallest absolute Gasteiger partial charge is 0.157 e. The summed E-state index contributed by atoms with van der Waals surface area (Å²) in [6.45, 7) is 6.70. The molecule has 1 saturated heterocycles. The highest BCUT2D eigenvalue weighted by Gasteiger charge is 2.24. The maximum atomic E-state index is 9.77. The van der Waals surface area contributed by atoms with E-state index >= 15 is 0 Å². The lowest BCUT2D eigenvalue weighted by Gasteiger charge is -2.37. The first kappa shape index (κ1) is 16.1. The second kappa shape index (κ2) is 5.95. The first-order valence-corrected chi connectivity index (χ1v) is 9.49. The molecule has 0 spiro atoms. The maximum Gasteiger partial charge on any atom is 0.157 e. The highest BCUT2D eigenvalue weighted by Crippen LogP contribution is 2.33. The number of aromatic nitrogens is 3. The lowest BCUT2D eigenvalue weighted by Crippen LogP contribution is -2.38. The van der Waals surface area contributed by atoms with Crippen molar-refractivity contribution >= 4 is 33.4 Å². The maximum absolute atomic E-state index is 9.77. The number of anilines is 1. The average Bonchev–Trinajstić information content (AvgIpc) is 3.06. The summed E-state index contributed by atoms with van der Waals surface area (Å²) < 4.78 is 2.03. The Labute approximate surface area is 157 Å². The van der Waals surface area contributed by atoms with Gasteiger partial charge in [-0.25, -0.2) is 9.97 Å². The van der Waals surface area contributed by atoms with Gasteiger partial charge in [0.15, 0.2) is 5.65 Å². The summed E-state index contributed by atoms with van der Waals surface area (Å²) in [7, 11) is 0. The van der Waals surface area contributed by atoms with Crippen molar-refractivity contribution in [1.82, 2.24) is 14.4 Å². The van der Waals surface area contributed by atoms with Gasteiger partial charge in [-0.05, 0) is 42.5 Å². The van der Waals surface area contributed by atoms with Crippen LogP contribution in [0.5, 0.6) is 0 Å². The Morgan fingerprint density at radius 1 is 1.07 bits per heavy atom. The Bertz CT molecular complexity index is 1210. The fourth-order valence-electron chi connectivity index (χ4n) is 4.62. The lowest BCUT2D eigenvalue weighted by molar-refractivity contribution is 0.357. The van der Waals surface area contributed by atoms with Crippen molar-refractivity contribution in [2.24, 2.45) is 11.8 Å². The number of fused-ring (bicyclic) bond motifs is 5. The molecule has 5 rings (SSSR count). The summed E-state index contributed by atoms with van der Waals surface area (Å²) in [5.41, 5.74) is 5.16. The number of para-hydroxylation sites is 2. The zero-order chi connectivity index (χ0) is 18.5. The van der Waals surface area contributed by atoms with Crippen molar-refractivity contribution in [2.45, 2.75) is 20.3 Å². The molecular formula is C22H21N5.